The number of aryl methyl sites for hydroxylation is 2. The highest BCUT2D eigenvalue weighted by Crippen LogP contribution is 2.36. The minimum Gasteiger partial charge on any atom is -0.462 e. The number of carbonyl (C=O) groups is 3. The Morgan fingerprint density at radius 2 is 1.74 bits per heavy atom. The van der Waals surface area contributed by atoms with Gasteiger partial charge in [-0.3, -0.25) is 4.79 Å². The van der Waals surface area contributed by atoms with E-state index < -0.39 is 11.9 Å². The van der Waals surface area contributed by atoms with Crippen molar-refractivity contribution in [2.45, 2.75) is 72.4 Å². The lowest BCUT2D eigenvalue weighted by Gasteiger charge is -2.21. The molecule has 1 N–H and O–H groups in total. The molecule has 1 aliphatic rings. The van der Waals surface area contributed by atoms with Crippen molar-refractivity contribution in [1.29, 1.82) is 0 Å². The first-order chi connectivity index (χ1) is 16.9. The number of nitrogens with zero attached hydrogens (tertiary/aromatic N) is 1. The van der Waals surface area contributed by atoms with Crippen molar-refractivity contribution in [3.8, 4) is 0 Å². The van der Waals surface area contributed by atoms with Crippen LogP contribution < -0.4 is 5.32 Å². The molecule has 0 bridgehead atoms. The Hall–Kier alpha value is -3.13. The van der Waals surface area contributed by atoms with Gasteiger partial charge >= 0.3 is 11.9 Å². The van der Waals surface area contributed by atoms with Gasteiger partial charge in [-0.2, -0.15) is 0 Å². The number of thiophene rings is 1. The van der Waals surface area contributed by atoms with E-state index in [-0.39, 0.29) is 24.2 Å². The minimum absolute atomic E-state index is 0.107. The maximum Gasteiger partial charge on any atom is 0.348 e. The van der Waals surface area contributed by atoms with Gasteiger partial charge in [-0.1, -0.05) is 24.6 Å². The second kappa shape index (κ2) is 10.6. The molecule has 7 nitrogen and oxygen atoms in total. The van der Waals surface area contributed by atoms with Crippen LogP contribution in [0.4, 0.5) is 5.00 Å². The number of nitrogens with one attached hydrogen (secondary N) is 1. The lowest BCUT2D eigenvalue weighted by molar-refractivity contribution is 0.0216. The van der Waals surface area contributed by atoms with Gasteiger partial charge in [-0.25, -0.2) is 9.59 Å². The highest BCUT2D eigenvalue weighted by atomic mass is 32.1. The van der Waals surface area contributed by atoms with Crippen LogP contribution in [0.15, 0.2) is 24.3 Å². The quantitative estimate of drug-likeness (QED) is 0.390. The van der Waals surface area contributed by atoms with Crippen LogP contribution in [-0.2, 0) is 16.0 Å². The van der Waals surface area contributed by atoms with Crippen LogP contribution in [0, 0.1) is 13.8 Å². The zero-order chi connectivity index (χ0) is 25.1. The van der Waals surface area contributed by atoms with Gasteiger partial charge in [0.15, 0.2) is 0 Å². The summed E-state index contributed by atoms with van der Waals surface area (Å²) in [5.41, 5.74) is 3.04. The molecule has 186 valence electrons. The molecule has 0 radical (unpaired) electrons. The first kappa shape index (κ1) is 25.0. The van der Waals surface area contributed by atoms with Crippen molar-refractivity contribution in [2.24, 2.45) is 0 Å². The van der Waals surface area contributed by atoms with E-state index in [0.29, 0.717) is 27.7 Å². The van der Waals surface area contributed by atoms with Crippen molar-refractivity contribution < 1.29 is 23.9 Å². The average molecular weight is 497 g/mol. The fourth-order valence-electron chi connectivity index (χ4n) is 4.89. The number of carbonyl (C=O) groups excluding carboxylic acids is 3. The summed E-state index contributed by atoms with van der Waals surface area (Å²) in [6.07, 6.45) is 4.84. The molecule has 2 heterocycles. The summed E-state index contributed by atoms with van der Waals surface area (Å²) in [6, 6.07) is 7.87. The van der Waals surface area contributed by atoms with Gasteiger partial charge in [0.25, 0.3) is 5.91 Å². The second-order valence-electron chi connectivity index (χ2n) is 8.84. The third kappa shape index (κ3) is 4.85. The number of amides is 1. The molecule has 35 heavy (non-hydrogen) atoms. The summed E-state index contributed by atoms with van der Waals surface area (Å²) >= 11 is 1.07. The van der Waals surface area contributed by atoms with Crippen molar-refractivity contribution in [2.75, 3.05) is 11.9 Å². The fraction of sp³-hybridized carbons (Fsp3) is 0.444. The average Bonchev–Trinajstić information content (AvgIpc) is 3.33. The maximum absolute atomic E-state index is 13.5. The Bertz CT molecular complexity index is 1270. The molecule has 3 aromatic rings. The van der Waals surface area contributed by atoms with Crippen LogP contribution in [0.25, 0.3) is 10.9 Å². The summed E-state index contributed by atoms with van der Waals surface area (Å²) in [6.45, 7) is 8.13. The van der Waals surface area contributed by atoms with E-state index in [0.717, 1.165) is 59.9 Å². The van der Waals surface area contributed by atoms with E-state index in [1.54, 1.807) is 13.8 Å². The van der Waals surface area contributed by atoms with Crippen LogP contribution >= 0.6 is 11.3 Å². The number of rotatable bonds is 7. The molecule has 0 unspecified atom stereocenters. The van der Waals surface area contributed by atoms with E-state index >= 15 is 0 Å². The lowest BCUT2D eigenvalue weighted by atomic mass is 9.98. The number of benzene rings is 1. The van der Waals surface area contributed by atoms with Gasteiger partial charge in [-0.05, 0) is 70.6 Å². The SMILES string of the molecule is CCOC(=O)c1c(NC(=O)c2c(C)c3ccccc3n2CC)sc(C(=O)OC2CCCCC2)c1C. The molecule has 1 fully saturated rings. The van der Waals surface area contributed by atoms with E-state index in [9.17, 15) is 14.4 Å². The summed E-state index contributed by atoms with van der Waals surface area (Å²) in [5.74, 6) is -1.36. The molecule has 0 saturated heterocycles. The maximum atomic E-state index is 13.5. The van der Waals surface area contributed by atoms with E-state index in [1.807, 2.05) is 42.7 Å². The molecule has 2 aromatic heterocycles. The van der Waals surface area contributed by atoms with Gasteiger partial charge < -0.3 is 19.4 Å². The number of fused-ring (bicyclic) bond motifs is 1. The van der Waals surface area contributed by atoms with Gasteiger partial charge in [0.1, 0.15) is 21.7 Å². The highest BCUT2D eigenvalue weighted by molar-refractivity contribution is 7.18. The van der Waals surface area contributed by atoms with E-state index in [1.165, 1.54) is 0 Å². The molecular formula is C27H32N2O5S. The Labute approximate surface area is 209 Å². The van der Waals surface area contributed by atoms with Gasteiger partial charge in [0.2, 0.25) is 0 Å². The van der Waals surface area contributed by atoms with E-state index in [4.69, 9.17) is 9.47 Å². The highest BCUT2D eigenvalue weighted by Gasteiger charge is 2.30. The molecule has 1 aliphatic carbocycles. The predicted molar refractivity (Wildman–Crippen MR) is 138 cm³/mol. The van der Waals surface area contributed by atoms with Gasteiger partial charge in [-0.15, -0.1) is 11.3 Å². The van der Waals surface area contributed by atoms with Gasteiger partial charge in [0.05, 0.1) is 12.2 Å². The standard InChI is InChI=1S/C27H32N2O5S/c1-5-29-20-15-11-10-14-19(20)16(3)22(29)24(30)28-25-21(26(31)33-6-2)17(4)23(35-25)27(32)34-18-12-8-7-9-13-18/h10-11,14-15,18H,5-9,12-13H2,1-4H3,(H,28,30). The molecular weight excluding hydrogens is 464 g/mol. The molecule has 1 aromatic carbocycles. The first-order valence-corrected chi connectivity index (χ1v) is 13.1. The zero-order valence-corrected chi connectivity index (χ0v) is 21.5. The van der Waals surface area contributed by atoms with Crippen LogP contribution in [0.3, 0.4) is 0 Å². The topological polar surface area (TPSA) is 86.6 Å². The number of hydrogen-bond acceptors (Lipinski definition) is 6. The molecule has 0 aliphatic heterocycles. The monoisotopic (exact) mass is 496 g/mol. The van der Waals surface area contributed by atoms with Crippen molar-refractivity contribution in [3.05, 3.63) is 51.5 Å². The Morgan fingerprint density at radius 1 is 1.03 bits per heavy atom. The van der Waals surface area contributed by atoms with Crippen LogP contribution in [0.1, 0.15) is 87.6 Å². The fourth-order valence-corrected chi connectivity index (χ4v) is 5.97. The molecule has 4 rings (SSSR count). The number of anilines is 1. The number of hydrogen-bond donors (Lipinski definition) is 1. The molecule has 1 amide bonds. The third-order valence-electron chi connectivity index (χ3n) is 6.62. The molecule has 8 heteroatoms. The summed E-state index contributed by atoms with van der Waals surface area (Å²) in [7, 11) is 0. The number of esters is 2. The Morgan fingerprint density at radius 3 is 2.43 bits per heavy atom. The molecule has 1 saturated carbocycles. The Balaban J connectivity index is 1.69. The number of aromatic nitrogens is 1. The zero-order valence-electron chi connectivity index (χ0n) is 20.7. The number of para-hydroxylation sites is 1. The number of ether oxygens (including phenoxy) is 2. The summed E-state index contributed by atoms with van der Waals surface area (Å²) in [5, 5.41) is 4.22. The van der Waals surface area contributed by atoms with Crippen molar-refractivity contribution >= 4 is 45.1 Å². The van der Waals surface area contributed by atoms with Crippen LogP contribution in [0.5, 0.6) is 0 Å². The second-order valence-corrected chi connectivity index (χ2v) is 9.86. The minimum atomic E-state index is -0.568. The van der Waals surface area contributed by atoms with Crippen LogP contribution in [-0.4, -0.2) is 35.1 Å². The molecule has 0 spiro atoms. The normalized spacial score (nSPS) is 14.2. The smallest absolute Gasteiger partial charge is 0.348 e. The van der Waals surface area contributed by atoms with Crippen molar-refractivity contribution in [1.82, 2.24) is 4.57 Å². The Kier molecular flexibility index (Phi) is 7.60. The summed E-state index contributed by atoms with van der Waals surface area (Å²) in [4.78, 5) is 39.7. The largest absolute Gasteiger partial charge is 0.462 e. The van der Waals surface area contributed by atoms with Crippen molar-refractivity contribution in [3.63, 3.8) is 0 Å². The van der Waals surface area contributed by atoms with Gasteiger partial charge in [0, 0.05) is 17.4 Å². The van der Waals surface area contributed by atoms with Crippen LogP contribution in [0.2, 0.25) is 0 Å². The lowest BCUT2D eigenvalue weighted by Crippen LogP contribution is -2.21. The third-order valence-corrected chi connectivity index (χ3v) is 7.81. The first-order valence-electron chi connectivity index (χ1n) is 12.3. The van der Waals surface area contributed by atoms with E-state index in [2.05, 4.69) is 5.32 Å². The predicted octanol–water partition coefficient (Wildman–Crippen LogP) is 6.26. The summed E-state index contributed by atoms with van der Waals surface area (Å²) < 4.78 is 13.0. The molecule has 0 atom stereocenters.